The lowest BCUT2D eigenvalue weighted by Crippen LogP contribution is -2.40. The summed E-state index contributed by atoms with van der Waals surface area (Å²) in [5.74, 6) is -0.0867. The van der Waals surface area contributed by atoms with Crippen molar-refractivity contribution in [1.29, 1.82) is 0 Å². The molecule has 7 heteroatoms. The molecule has 0 bridgehead atoms. The van der Waals surface area contributed by atoms with Gasteiger partial charge >= 0.3 is 0 Å². The van der Waals surface area contributed by atoms with Gasteiger partial charge in [0.15, 0.2) is 4.96 Å². The van der Waals surface area contributed by atoms with E-state index in [1.165, 1.54) is 0 Å². The second kappa shape index (κ2) is 9.42. The monoisotopic (exact) mass is 456 g/mol. The highest BCUT2D eigenvalue weighted by Crippen LogP contribution is 2.24. The minimum atomic E-state index is -0.0910. The molecule has 33 heavy (non-hydrogen) atoms. The topological polar surface area (TPSA) is 66.7 Å². The predicted molar refractivity (Wildman–Crippen MR) is 132 cm³/mol. The number of nitrogens with zero attached hydrogens (tertiary/aromatic N) is 3. The van der Waals surface area contributed by atoms with E-state index in [-0.39, 0.29) is 17.7 Å². The van der Waals surface area contributed by atoms with Crippen LogP contribution in [0.3, 0.4) is 0 Å². The average molecular weight is 457 g/mol. The zero-order valence-electron chi connectivity index (χ0n) is 18.1. The summed E-state index contributed by atoms with van der Waals surface area (Å²) in [4.78, 5) is 32.6. The lowest BCUT2D eigenvalue weighted by atomic mass is 9.95. The third-order valence-electron chi connectivity index (χ3n) is 5.94. The molecule has 1 aliphatic heterocycles. The van der Waals surface area contributed by atoms with Crippen LogP contribution in [0, 0.1) is 5.92 Å². The Hall–Kier alpha value is -3.71. The van der Waals surface area contributed by atoms with Crippen LogP contribution in [-0.2, 0) is 9.59 Å². The number of hydrogen-bond acceptors (Lipinski definition) is 4. The molecule has 0 saturated carbocycles. The Labute approximate surface area is 196 Å². The van der Waals surface area contributed by atoms with Crippen molar-refractivity contribution in [3.63, 3.8) is 0 Å². The summed E-state index contributed by atoms with van der Waals surface area (Å²) in [5, 5.41) is 5.03. The number of amides is 2. The number of anilines is 1. The smallest absolute Gasteiger partial charge is 0.246 e. The van der Waals surface area contributed by atoms with E-state index in [9.17, 15) is 9.59 Å². The third-order valence-corrected chi connectivity index (χ3v) is 6.71. The summed E-state index contributed by atoms with van der Waals surface area (Å²) in [6, 6.07) is 17.5. The Morgan fingerprint density at radius 2 is 1.79 bits per heavy atom. The third kappa shape index (κ3) is 4.88. The molecule has 2 aromatic carbocycles. The number of benzene rings is 2. The van der Waals surface area contributed by atoms with Crippen LogP contribution in [0.4, 0.5) is 5.69 Å². The molecule has 6 nitrogen and oxygen atoms in total. The van der Waals surface area contributed by atoms with Crippen LogP contribution < -0.4 is 5.32 Å². The maximum absolute atomic E-state index is 12.7. The number of imidazole rings is 1. The Balaban J connectivity index is 1.13. The van der Waals surface area contributed by atoms with Crippen molar-refractivity contribution in [1.82, 2.24) is 14.3 Å². The Morgan fingerprint density at radius 1 is 1.03 bits per heavy atom. The van der Waals surface area contributed by atoms with Crippen molar-refractivity contribution in [2.45, 2.75) is 12.8 Å². The zero-order valence-corrected chi connectivity index (χ0v) is 18.9. The number of hydrogen-bond donors (Lipinski definition) is 1. The summed E-state index contributed by atoms with van der Waals surface area (Å²) < 4.78 is 2.00. The fourth-order valence-electron chi connectivity index (χ4n) is 4.03. The highest BCUT2D eigenvalue weighted by molar-refractivity contribution is 7.15. The van der Waals surface area contributed by atoms with Gasteiger partial charge in [-0.1, -0.05) is 42.5 Å². The van der Waals surface area contributed by atoms with E-state index in [1.54, 1.807) is 17.4 Å². The molecule has 0 spiro atoms. The molecule has 0 atom stereocenters. The van der Waals surface area contributed by atoms with Crippen LogP contribution in [0.25, 0.3) is 22.3 Å². The summed E-state index contributed by atoms with van der Waals surface area (Å²) in [7, 11) is 0. The quantitative estimate of drug-likeness (QED) is 0.432. The molecular formula is C26H24N4O2S. The van der Waals surface area contributed by atoms with E-state index in [2.05, 4.69) is 10.3 Å². The molecule has 1 aliphatic rings. The lowest BCUT2D eigenvalue weighted by Gasteiger charge is -2.30. The van der Waals surface area contributed by atoms with Gasteiger partial charge in [-0.15, -0.1) is 11.3 Å². The molecule has 1 fully saturated rings. The average Bonchev–Trinajstić information content (AvgIpc) is 3.46. The Bertz CT molecular complexity index is 1250. The number of rotatable bonds is 5. The molecule has 1 N–H and O–H groups in total. The van der Waals surface area contributed by atoms with E-state index < -0.39 is 0 Å². The molecule has 0 aliphatic carbocycles. The number of carbonyl (C=O) groups is 2. The highest BCUT2D eigenvalue weighted by Gasteiger charge is 2.26. The molecular weight excluding hydrogens is 432 g/mol. The second-order valence-corrected chi connectivity index (χ2v) is 9.00. The van der Waals surface area contributed by atoms with Crippen molar-refractivity contribution in [3.05, 3.63) is 84.0 Å². The molecule has 2 aromatic heterocycles. The number of thiazole rings is 1. The SMILES string of the molecule is O=C(Nc1ccc(-c2cn3ccsc3n2)cc1)C1CCN(C(=O)C=Cc2ccccc2)CC1. The lowest BCUT2D eigenvalue weighted by molar-refractivity contribution is -0.130. The van der Waals surface area contributed by atoms with E-state index in [1.807, 2.05) is 87.7 Å². The Kier molecular flexibility index (Phi) is 6.04. The van der Waals surface area contributed by atoms with E-state index >= 15 is 0 Å². The van der Waals surface area contributed by atoms with E-state index in [0.29, 0.717) is 25.9 Å². The Morgan fingerprint density at radius 3 is 2.52 bits per heavy atom. The normalized spacial score (nSPS) is 14.7. The van der Waals surface area contributed by atoms with Gasteiger partial charge in [0.25, 0.3) is 0 Å². The van der Waals surface area contributed by atoms with E-state index in [4.69, 9.17) is 0 Å². The van der Waals surface area contributed by atoms with Gasteiger partial charge in [0.1, 0.15) is 0 Å². The van der Waals surface area contributed by atoms with Crippen molar-refractivity contribution in [2.24, 2.45) is 5.92 Å². The largest absolute Gasteiger partial charge is 0.339 e. The van der Waals surface area contributed by atoms with Gasteiger partial charge in [-0.05, 0) is 36.6 Å². The van der Waals surface area contributed by atoms with Crippen LogP contribution in [0.5, 0.6) is 0 Å². The van der Waals surface area contributed by atoms with Crippen molar-refractivity contribution < 1.29 is 9.59 Å². The standard InChI is InChI=1S/C26H24N4O2S/c31-24(11-6-19-4-2-1-3-5-19)29-14-12-21(13-15-29)25(32)27-22-9-7-20(8-10-22)23-18-30-16-17-33-26(30)28-23/h1-11,16-18,21H,12-15H2,(H,27,32). The minimum absolute atomic E-state index is 0.00699. The molecule has 3 heterocycles. The predicted octanol–water partition coefficient (Wildman–Crippen LogP) is 4.95. The summed E-state index contributed by atoms with van der Waals surface area (Å²) in [6.45, 7) is 1.18. The van der Waals surface area contributed by atoms with Gasteiger partial charge in [0.05, 0.1) is 5.69 Å². The molecule has 0 unspecified atom stereocenters. The van der Waals surface area contributed by atoms with Crippen LogP contribution >= 0.6 is 11.3 Å². The summed E-state index contributed by atoms with van der Waals surface area (Å²) in [5.41, 5.74) is 3.70. The first-order valence-electron chi connectivity index (χ1n) is 11.0. The van der Waals surface area contributed by atoms with Gasteiger partial charge in [-0.25, -0.2) is 4.98 Å². The molecule has 0 radical (unpaired) electrons. The summed E-state index contributed by atoms with van der Waals surface area (Å²) in [6.07, 6.45) is 8.77. The first kappa shape index (κ1) is 21.2. The minimum Gasteiger partial charge on any atom is -0.339 e. The van der Waals surface area contributed by atoms with Crippen LogP contribution in [0.1, 0.15) is 18.4 Å². The molecule has 4 aromatic rings. The molecule has 166 valence electrons. The van der Waals surface area contributed by atoms with Gasteiger partial charge < -0.3 is 10.2 Å². The fraction of sp³-hybridized carbons (Fsp3) is 0.192. The van der Waals surface area contributed by atoms with Gasteiger partial charge in [0.2, 0.25) is 11.8 Å². The van der Waals surface area contributed by atoms with Crippen LogP contribution in [0.2, 0.25) is 0 Å². The number of fused-ring (bicyclic) bond motifs is 1. The van der Waals surface area contributed by atoms with Crippen LogP contribution in [0.15, 0.2) is 78.4 Å². The number of piperidine rings is 1. The summed E-state index contributed by atoms with van der Waals surface area (Å²) >= 11 is 1.60. The van der Waals surface area contributed by atoms with Crippen molar-refractivity contribution in [3.8, 4) is 11.3 Å². The molecule has 5 rings (SSSR count). The van der Waals surface area contributed by atoms with Gasteiger partial charge in [0, 0.05) is 54.1 Å². The highest BCUT2D eigenvalue weighted by atomic mass is 32.1. The second-order valence-electron chi connectivity index (χ2n) is 8.13. The van der Waals surface area contributed by atoms with E-state index in [0.717, 1.165) is 27.5 Å². The molecule has 1 saturated heterocycles. The molecule has 2 amide bonds. The number of aromatic nitrogens is 2. The van der Waals surface area contributed by atoms with Gasteiger partial charge in [-0.3, -0.25) is 14.0 Å². The van der Waals surface area contributed by atoms with Crippen molar-refractivity contribution >= 4 is 39.9 Å². The van der Waals surface area contributed by atoms with Crippen LogP contribution in [-0.4, -0.2) is 39.2 Å². The maximum atomic E-state index is 12.7. The maximum Gasteiger partial charge on any atom is 0.246 e. The first-order chi connectivity index (χ1) is 16.2. The number of carbonyl (C=O) groups excluding carboxylic acids is 2. The first-order valence-corrected chi connectivity index (χ1v) is 11.9. The number of likely N-dealkylation sites (tertiary alicyclic amines) is 1. The number of nitrogens with one attached hydrogen (secondary N) is 1. The zero-order chi connectivity index (χ0) is 22.6. The van der Waals surface area contributed by atoms with Gasteiger partial charge in [-0.2, -0.15) is 0 Å². The van der Waals surface area contributed by atoms with Crippen molar-refractivity contribution in [2.75, 3.05) is 18.4 Å². The fourth-order valence-corrected chi connectivity index (χ4v) is 4.73.